The van der Waals surface area contributed by atoms with Crippen LogP contribution in [0.5, 0.6) is 0 Å². The maximum Gasteiger partial charge on any atom is 0.343 e. The standard InChI is InChI=1S/C21H25NO5/c1-20(2,3)27-19(25)21(26,14-23)17(15-10-6-4-7-11-15)22-18(24)16-12-8-5-9-13-16/h4-13,17,23,26H,14H2,1-3H3,(H,22,24)/t17-,21+/m0/s1. The van der Waals surface area contributed by atoms with Gasteiger partial charge in [0.1, 0.15) is 5.60 Å². The minimum Gasteiger partial charge on any atom is -0.458 e. The summed E-state index contributed by atoms with van der Waals surface area (Å²) in [5.41, 5.74) is -2.39. The van der Waals surface area contributed by atoms with Gasteiger partial charge in [0.15, 0.2) is 0 Å². The van der Waals surface area contributed by atoms with E-state index in [2.05, 4.69) is 5.32 Å². The van der Waals surface area contributed by atoms with Gasteiger partial charge in [-0.2, -0.15) is 0 Å². The Labute approximate surface area is 158 Å². The minimum absolute atomic E-state index is 0.364. The second-order valence-electron chi connectivity index (χ2n) is 7.27. The molecule has 0 fully saturated rings. The number of carbonyl (C=O) groups is 2. The van der Waals surface area contributed by atoms with Crippen LogP contribution in [-0.4, -0.2) is 39.9 Å². The average molecular weight is 371 g/mol. The fourth-order valence-corrected chi connectivity index (χ4v) is 2.57. The molecule has 2 aromatic carbocycles. The van der Waals surface area contributed by atoms with Crippen LogP contribution in [0, 0.1) is 0 Å². The van der Waals surface area contributed by atoms with Gasteiger partial charge >= 0.3 is 5.97 Å². The summed E-state index contributed by atoms with van der Waals surface area (Å²) >= 11 is 0. The van der Waals surface area contributed by atoms with Gasteiger partial charge in [-0.05, 0) is 38.5 Å². The average Bonchev–Trinajstić information content (AvgIpc) is 2.65. The largest absolute Gasteiger partial charge is 0.458 e. The number of nitrogens with one attached hydrogen (secondary N) is 1. The number of ether oxygens (including phenoxy) is 1. The number of esters is 1. The third-order valence-corrected chi connectivity index (χ3v) is 3.92. The third kappa shape index (κ3) is 5.15. The van der Waals surface area contributed by atoms with Crippen molar-refractivity contribution >= 4 is 11.9 Å². The third-order valence-electron chi connectivity index (χ3n) is 3.92. The van der Waals surface area contributed by atoms with Gasteiger partial charge in [0, 0.05) is 5.56 Å². The molecule has 144 valence electrons. The highest BCUT2D eigenvalue weighted by Crippen LogP contribution is 2.29. The molecule has 0 aliphatic heterocycles. The Kier molecular flexibility index (Phi) is 6.36. The zero-order chi connectivity index (χ0) is 20.1. The lowest BCUT2D eigenvalue weighted by Crippen LogP contribution is -2.56. The lowest BCUT2D eigenvalue weighted by Gasteiger charge is -2.35. The number of rotatable bonds is 6. The van der Waals surface area contributed by atoms with E-state index in [4.69, 9.17) is 4.74 Å². The zero-order valence-electron chi connectivity index (χ0n) is 15.7. The van der Waals surface area contributed by atoms with Gasteiger partial charge in [-0.3, -0.25) is 4.79 Å². The van der Waals surface area contributed by atoms with Gasteiger partial charge in [0.25, 0.3) is 5.91 Å². The van der Waals surface area contributed by atoms with E-state index in [9.17, 15) is 19.8 Å². The van der Waals surface area contributed by atoms with E-state index >= 15 is 0 Å². The first kappa shape index (κ1) is 20.6. The van der Waals surface area contributed by atoms with Crippen LogP contribution in [0.4, 0.5) is 0 Å². The van der Waals surface area contributed by atoms with Crippen molar-refractivity contribution in [2.75, 3.05) is 6.61 Å². The SMILES string of the molecule is CC(C)(C)OC(=O)[C@@](O)(CO)[C@@H](NC(=O)c1ccccc1)c1ccccc1. The molecule has 27 heavy (non-hydrogen) atoms. The Morgan fingerprint density at radius 2 is 1.52 bits per heavy atom. The second-order valence-corrected chi connectivity index (χ2v) is 7.27. The molecular weight excluding hydrogens is 346 g/mol. The molecule has 2 rings (SSSR count). The molecule has 2 atom stereocenters. The second kappa shape index (κ2) is 8.33. The van der Waals surface area contributed by atoms with Crippen molar-refractivity contribution in [1.82, 2.24) is 5.32 Å². The summed E-state index contributed by atoms with van der Waals surface area (Å²) in [5.74, 6) is -1.50. The molecule has 0 aliphatic carbocycles. The van der Waals surface area contributed by atoms with Crippen molar-refractivity contribution in [3.63, 3.8) is 0 Å². The lowest BCUT2D eigenvalue weighted by atomic mass is 9.88. The van der Waals surface area contributed by atoms with Gasteiger partial charge in [-0.25, -0.2) is 4.79 Å². The van der Waals surface area contributed by atoms with Crippen molar-refractivity contribution in [3.05, 3.63) is 71.8 Å². The summed E-state index contributed by atoms with van der Waals surface area (Å²) in [6.45, 7) is 4.05. The van der Waals surface area contributed by atoms with Crippen LogP contribution in [0.3, 0.4) is 0 Å². The van der Waals surface area contributed by atoms with Crippen molar-refractivity contribution in [2.24, 2.45) is 0 Å². The van der Waals surface area contributed by atoms with Crippen LogP contribution in [0.2, 0.25) is 0 Å². The number of aliphatic hydroxyl groups is 2. The Bertz CT molecular complexity index is 770. The molecule has 6 nitrogen and oxygen atoms in total. The van der Waals surface area contributed by atoms with Crippen LogP contribution >= 0.6 is 0 Å². The molecule has 0 saturated heterocycles. The van der Waals surface area contributed by atoms with Gasteiger partial charge in [0.05, 0.1) is 12.6 Å². The summed E-state index contributed by atoms with van der Waals surface area (Å²) in [6, 6.07) is 15.7. The van der Waals surface area contributed by atoms with E-state index in [0.29, 0.717) is 11.1 Å². The van der Waals surface area contributed by atoms with E-state index in [1.165, 1.54) is 0 Å². The van der Waals surface area contributed by atoms with Crippen molar-refractivity contribution in [2.45, 2.75) is 38.0 Å². The fourth-order valence-electron chi connectivity index (χ4n) is 2.57. The van der Waals surface area contributed by atoms with E-state index < -0.39 is 35.7 Å². The lowest BCUT2D eigenvalue weighted by molar-refractivity contribution is -0.185. The molecule has 0 saturated carbocycles. The Morgan fingerprint density at radius 1 is 1.00 bits per heavy atom. The Balaban J connectivity index is 2.42. The maximum absolute atomic E-state index is 12.7. The summed E-state index contributed by atoms with van der Waals surface area (Å²) in [4.78, 5) is 25.3. The van der Waals surface area contributed by atoms with E-state index in [0.717, 1.165) is 0 Å². The highest BCUT2D eigenvalue weighted by Gasteiger charge is 2.48. The molecule has 6 heteroatoms. The van der Waals surface area contributed by atoms with E-state index in [-0.39, 0.29) is 0 Å². The summed E-state index contributed by atoms with van der Waals surface area (Å²) in [6.07, 6.45) is 0. The van der Waals surface area contributed by atoms with Crippen molar-refractivity contribution in [3.8, 4) is 0 Å². The first-order chi connectivity index (χ1) is 12.7. The summed E-state index contributed by atoms with van der Waals surface area (Å²) in [7, 11) is 0. The topological polar surface area (TPSA) is 95.9 Å². The number of amides is 1. The van der Waals surface area contributed by atoms with Crippen LogP contribution < -0.4 is 5.32 Å². The zero-order valence-corrected chi connectivity index (χ0v) is 15.7. The van der Waals surface area contributed by atoms with Crippen molar-refractivity contribution < 1.29 is 24.5 Å². The van der Waals surface area contributed by atoms with E-state index in [1.807, 2.05) is 0 Å². The minimum atomic E-state index is -2.35. The number of aliphatic hydroxyl groups excluding tert-OH is 1. The molecule has 0 radical (unpaired) electrons. The number of benzene rings is 2. The smallest absolute Gasteiger partial charge is 0.343 e. The predicted octanol–water partition coefficient (Wildman–Crippen LogP) is 2.22. The Hall–Kier alpha value is -2.70. The Morgan fingerprint density at radius 3 is 2.00 bits per heavy atom. The number of hydrogen-bond acceptors (Lipinski definition) is 5. The van der Waals surface area contributed by atoms with Gasteiger partial charge in [-0.15, -0.1) is 0 Å². The highest BCUT2D eigenvalue weighted by molar-refractivity contribution is 5.95. The number of carbonyl (C=O) groups excluding carboxylic acids is 2. The molecule has 0 aliphatic rings. The molecule has 0 heterocycles. The molecule has 0 unspecified atom stereocenters. The van der Waals surface area contributed by atoms with Gasteiger partial charge in [0.2, 0.25) is 5.60 Å². The van der Waals surface area contributed by atoms with Gasteiger partial charge in [-0.1, -0.05) is 48.5 Å². The van der Waals surface area contributed by atoms with Crippen LogP contribution in [-0.2, 0) is 9.53 Å². The van der Waals surface area contributed by atoms with Crippen LogP contribution in [0.1, 0.15) is 42.7 Å². The quantitative estimate of drug-likeness (QED) is 0.677. The molecule has 3 N–H and O–H groups in total. The highest BCUT2D eigenvalue weighted by atomic mass is 16.6. The molecule has 0 spiro atoms. The van der Waals surface area contributed by atoms with Gasteiger partial charge < -0.3 is 20.3 Å². The molecule has 0 bridgehead atoms. The first-order valence-corrected chi connectivity index (χ1v) is 8.65. The summed E-state index contributed by atoms with van der Waals surface area (Å²) in [5, 5.41) is 23.5. The van der Waals surface area contributed by atoms with E-state index in [1.54, 1.807) is 81.4 Å². The fraction of sp³-hybridized carbons (Fsp3) is 0.333. The predicted molar refractivity (Wildman–Crippen MR) is 101 cm³/mol. The van der Waals surface area contributed by atoms with Crippen molar-refractivity contribution in [1.29, 1.82) is 0 Å². The monoisotopic (exact) mass is 371 g/mol. The molecule has 1 amide bonds. The molecule has 0 aromatic heterocycles. The van der Waals surface area contributed by atoms with Crippen LogP contribution in [0.15, 0.2) is 60.7 Å². The first-order valence-electron chi connectivity index (χ1n) is 8.65. The normalized spacial score (nSPS) is 14.7. The maximum atomic E-state index is 12.7. The summed E-state index contributed by atoms with van der Waals surface area (Å²) < 4.78 is 5.28. The molecule has 2 aromatic rings. The number of hydrogen-bond donors (Lipinski definition) is 3. The molecular formula is C21H25NO5. The van der Waals surface area contributed by atoms with Crippen LogP contribution in [0.25, 0.3) is 0 Å².